The number of aromatic nitrogens is 1. The second-order valence-electron chi connectivity index (χ2n) is 5.31. The van der Waals surface area contributed by atoms with E-state index in [1.54, 1.807) is 22.9 Å². The molecule has 3 rings (SSSR count). The Morgan fingerprint density at radius 1 is 1.60 bits per heavy atom. The topological polar surface area (TPSA) is 78.7 Å². The molecule has 0 aromatic carbocycles. The summed E-state index contributed by atoms with van der Waals surface area (Å²) in [5.74, 6) is 0.657. The normalized spacial score (nSPS) is 20.2. The number of rotatable bonds is 3. The molecule has 0 unspecified atom stereocenters. The third-order valence-electron chi connectivity index (χ3n) is 4.02. The first kappa shape index (κ1) is 13.2. The second-order valence-corrected chi connectivity index (χ2v) is 5.70. The highest BCUT2D eigenvalue weighted by atomic mass is 35.5. The lowest BCUT2D eigenvalue weighted by Gasteiger charge is -2.50. The van der Waals surface area contributed by atoms with Crippen LogP contribution in [0.3, 0.4) is 0 Å². The number of likely N-dealkylation sites (tertiary alicyclic amines) is 1. The van der Waals surface area contributed by atoms with Crippen LogP contribution < -0.4 is 5.32 Å². The van der Waals surface area contributed by atoms with Crippen LogP contribution in [0.4, 0.5) is 4.79 Å². The van der Waals surface area contributed by atoms with Crippen molar-refractivity contribution in [1.82, 2.24) is 20.3 Å². The molecule has 0 bridgehead atoms. The van der Waals surface area contributed by atoms with Gasteiger partial charge in [-0.1, -0.05) is 16.8 Å². The van der Waals surface area contributed by atoms with Gasteiger partial charge in [-0.05, 0) is 0 Å². The van der Waals surface area contributed by atoms with Crippen molar-refractivity contribution >= 4 is 23.5 Å². The van der Waals surface area contributed by atoms with Crippen LogP contribution in [0.15, 0.2) is 10.6 Å². The van der Waals surface area contributed by atoms with Gasteiger partial charge in [0.15, 0.2) is 5.15 Å². The minimum Gasteiger partial charge on any atom is -0.360 e. The zero-order chi connectivity index (χ0) is 14.3. The van der Waals surface area contributed by atoms with E-state index >= 15 is 0 Å². The van der Waals surface area contributed by atoms with Gasteiger partial charge in [-0.25, -0.2) is 4.79 Å². The number of halogens is 1. The number of nitrogens with zero attached hydrogens (tertiary/aromatic N) is 3. The van der Waals surface area contributed by atoms with E-state index in [9.17, 15) is 9.59 Å². The number of carbonyl (C=O) groups is 2. The molecule has 3 heterocycles. The number of amides is 3. The molecule has 20 heavy (non-hydrogen) atoms. The maximum Gasteiger partial charge on any atom is 0.317 e. The van der Waals surface area contributed by atoms with Gasteiger partial charge in [0.25, 0.3) is 0 Å². The van der Waals surface area contributed by atoms with Gasteiger partial charge in [-0.3, -0.25) is 4.79 Å². The first-order valence-electron chi connectivity index (χ1n) is 6.41. The van der Waals surface area contributed by atoms with E-state index in [-0.39, 0.29) is 17.5 Å². The molecule has 2 aliphatic rings. The first-order chi connectivity index (χ1) is 9.50. The highest BCUT2D eigenvalue weighted by Crippen LogP contribution is 2.30. The average molecular weight is 299 g/mol. The predicted molar refractivity (Wildman–Crippen MR) is 70.3 cm³/mol. The fraction of sp³-hybridized carbons (Fsp3) is 0.583. The van der Waals surface area contributed by atoms with E-state index in [4.69, 9.17) is 16.1 Å². The van der Waals surface area contributed by atoms with E-state index in [0.717, 1.165) is 0 Å². The summed E-state index contributed by atoms with van der Waals surface area (Å²) < 4.78 is 4.95. The number of aryl methyl sites for hydroxylation is 1. The van der Waals surface area contributed by atoms with E-state index < -0.39 is 0 Å². The summed E-state index contributed by atoms with van der Waals surface area (Å²) in [5.41, 5.74) is -0.220. The molecule has 2 saturated heterocycles. The van der Waals surface area contributed by atoms with E-state index in [1.165, 1.54) is 0 Å². The van der Waals surface area contributed by atoms with Crippen molar-refractivity contribution < 1.29 is 14.1 Å². The SMILES string of the molecule is CN1C(=O)NCC12CN(C(=O)CCc1cc(Cl)no1)C2. The molecule has 1 aromatic heterocycles. The van der Waals surface area contributed by atoms with E-state index in [1.807, 2.05) is 0 Å². The van der Waals surface area contributed by atoms with Gasteiger partial charge in [0.1, 0.15) is 5.76 Å². The van der Waals surface area contributed by atoms with Crippen molar-refractivity contribution in [1.29, 1.82) is 0 Å². The molecule has 3 amide bonds. The molecule has 1 aromatic rings. The highest BCUT2D eigenvalue weighted by molar-refractivity contribution is 6.29. The number of hydrogen-bond donors (Lipinski definition) is 1. The Kier molecular flexibility index (Phi) is 3.08. The van der Waals surface area contributed by atoms with Gasteiger partial charge in [0.2, 0.25) is 5.91 Å². The maximum absolute atomic E-state index is 12.0. The Morgan fingerprint density at radius 3 is 2.90 bits per heavy atom. The molecule has 2 aliphatic heterocycles. The minimum atomic E-state index is -0.220. The van der Waals surface area contributed by atoms with Gasteiger partial charge in [0.05, 0.1) is 5.54 Å². The van der Waals surface area contributed by atoms with E-state index in [2.05, 4.69) is 10.5 Å². The van der Waals surface area contributed by atoms with Crippen LogP contribution in [0.1, 0.15) is 12.2 Å². The third kappa shape index (κ3) is 2.11. The number of carbonyl (C=O) groups excluding carboxylic acids is 2. The quantitative estimate of drug-likeness (QED) is 0.881. The molecule has 8 heteroatoms. The Morgan fingerprint density at radius 2 is 2.35 bits per heavy atom. The number of hydrogen-bond acceptors (Lipinski definition) is 4. The summed E-state index contributed by atoms with van der Waals surface area (Å²) in [5, 5.41) is 6.65. The average Bonchev–Trinajstić information content (AvgIpc) is 2.91. The van der Waals surface area contributed by atoms with Gasteiger partial charge < -0.3 is 19.6 Å². The van der Waals surface area contributed by atoms with Crippen LogP contribution in [0.5, 0.6) is 0 Å². The summed E-state index contributed by atoms with van der Waals surface area (Å²) in [7, 11) is 1.76. The zero-order valence-corrected chi connectivity index (χ0v) is 11.8. The van der Waals surface area contributed by atoms with Crippen LogP contribution in [0, 0.1) is 0 Å². The zero-order valence-electron chi connectivity index (χ0n) is 11.1. The van der Waals surface area contributed by atoms with Crippen LogP contribution in [-0.4, -0.2) is 59.1 Å². The van der Waals surface area contributed by atoms with Gasteiger partial charge in [0, 0.05) is 45.6 Å². The summed E-state index contributed by atoms with van der Waals surface area (Å²) in [4.78, 5) is 26.9. The lowest BCUT2D eigenvalue weighted by molar-refractivity contribution is -0.141. The molecular weight excluding hydrogens is 284 g/mol. The molecular formula is C12H15ClN4O3. The first-order valence-corrected chi connectivity index (χ1v) is 6.78. The predicted octanol–water partition coefficient (Wildman–Crippen LogP) is 0.497. The Labute approximate surface area is 120 Å². The van der Waals surface area contributed by atoms with Gasteiger partial charge in [-0.2, -0.15) is 0 Å². The standard InChI is InChI=1S/C12H15ClN4O3/c1-16-11(19)14-5-12(16)6-17(7-12)10(18)3-2-8-4-9(13)15-20-8/h4H,2-3,5-7H2,1H3,(H,14,19). The van der Waals surface area contributed by atoms with Crippen molar-refractivity contribution in [3.8, 4) is 0 Å². The molecule has 2 fully saturated rings. The van der Waals surface area contributed by atoms with Crippen molar-refractivity contribution in [3.05, 3.63) is 17.0 Å². The molecule has 0 aliphatic carbocycles. The summed E-state index contributed by atoms with van der Waals surface area (Å²) in [6.07, 6.45) is 0.835. The highest BCUT2D eigenvalue weighted by Gasteiger charge is 2.53. The molecule has 0 atom stereocenters. The minimum absolute atomic E-state index is 0.0518. The summed E-state index contributed by atoms with van der Waals surface area (Å²) in [6, 6.07) is 1.54. The van der Waals surface area contributed by atoms with Crippen LogP contribution in [0.25, 0.3) is 0 Å². The van der Waals surface area contributed by atoms with Crippen molar-refractivity contribution in [2.24, 2.45) is 0 Å². The molecule has 1 spiro atoms. The third-order valence-corrected chi connectivity index (χ3v) is 4.20. The van der Waals surface area contributed by atoms with Gasteiger partial charge >= 0.3 is 6.03 Å². The molecule has 0 radical (unpaired) electrons. The number of urea groups is 1. The molecule has 7 nitrogen and oxygen atoms in total. The van der Waals surface area contributed by atoms with Crippen molar-refractivity contribution in [2.45, 2.75) is 18.4 Å². The summed E-state index contributed by atoms with van der Waals surface area (Å²) >= 11 is 5.64. The summed E-state index contributed by atoms with van der Waals surface area (Å²) in [6.45, 7) is 1.76. The molecule has 1 N–H and O–H groups in total. The number of nitrogens with one attached hydrogen (secondary N) is 1. The number of likely N-dealkylation sites (N-methyl/N-ethyl adjacent to an activating group) is 1. The van der Waals surface area contributed by atoms with Crippen LogP contribution in [-0.2, 0) is 11.2 Å². The second kappa shape index (κ2) is 4.66. The Hall–Kier alpha value is -1.76. The Balaban J connectivity index is 1.50. The molecule has 0 saturated carbocycles. The lowest BCUT2D eigenvalue weighted by atomic mass is 9.89. The fourth-order valence-electron chi connectivity index (χ4n) is 2.65. The van der Waals surface area contributed by atoms with Crippen molar-refractivity contribution in [2.75, 3.05) is 26.7 Å². The van der Waals surface area contributed by atoms with Gasteiger partial charge in [-0.15, -0.1) is 0 Å². The molecule has 108 valence electrons. The van der Waals surface area contributed by atoms with Crippen LogP contribution >= 0.6 is 11.6 Å². The smallest absolute Gasteiger partial charge is 0.317 e. The van der Waals surface area contributed by atoms with E-state index in [0.29, 0.717) is 43.4 Å². The van der Waals surface area contributed by atoms with Crippen molar-refractivity contribution in [3.63, 3.8) is 0 Å². The monoisotopic (exact) mass is 298 g/mol. The maximum atomic E-state index is 12.0. The van der Waals surface area contributed by atoms with Crippen LogP contribution in [0.2, 0.25) is 5.15 Å². The fourth-order valence-corrected chi connectivity index (χ4v) is 2.81. The lowest BCUT2D eigenvalue weighted by Crippen LogP contribution is -2.70. The largest absolute Gasteiger partial charge is 0.360 e. The Bertz CT molecular complexity index is 553.